The van der Waals surface area contributed by atoms with E-state index in [-0.39, 0.29) is 5.75 Å². The molecule has 0 saturated heterocycles. The van der Waals surface area contributed by atoms with Crippen molar-refractivity contribution in [3.63, 3.8) is 0 Å². The zero-order valence-corrected chi connectivity index (χ0v) is 9.14. The molecule has 1 aromatic rings. The molecule has 0 heterocycles. The first-order valence-electron chi connectivity index (χ1n) is 4.57. The van der Waals surface area contributed by atoms with Gasteiger partial charge in [0.1, 0.15) is 11.2 Å². The Morgan fingerprint density at radius 2 is 2.29 bits per heavy atom. The van der Waals surface area contributed by atoms with Gasteiger partial charge in [-0.3, -0.25) is 0 Å². The van der Waals surface area contributed by atoms with E-state index in [9.17, 15) is 5.11 Å². The SMILES string of the molecule is CCC(C)c1ccc(O)c(SC#N)c1. The van der Waals surface area contributed by atoms with Crippen LogP contribution in [0.25, 0.3) is 0 Å². The second-order valence-corrected chi connectivity index (χ2v) is 4.06. The molecule has 0 radical (unpaired) electrons. The number of benzene rings is 1. The molecule has 1 N–H and O–H groups in total. The zero-order valence-electron chi connectivity index (χ0n) is 8.32. The van der Waals surface area contributed by atoms with Crippen molar-refractivity contribution in [2.24, 2.45) is 0 Å². The molecule has 0 aliphatic heterocycles. The summed E-state index contributed by atoms with van der Waals surface area (Å²) < 4.78 is 0. The van der Waals surface area contributed by atoms with E-state index in [4.69, 9.17) is 5.26 Å². The molecule has 0 fully saturated rings. The monoisotopic (exact) mass is 207 g/mol. The van der Waals surface area contributed by atoms with Crippen LogP contribution in [0.3, 0.4) is 0 Å². The maximum atomic E-state index is 9.45. The maximum Gasteiger partial charge on any atom is 0.138 e. The summed E-state index contributed by atoms with van der Waals surface area (Å²) in [5.74, 6) is 0.650. The lowest BCUT2D eigenvalue weighted by atomic mass is 9.99. The summed E-state index contributed by atoms with van der Waals surface area (Å²) in [5.41, 5.74) is 1.17. The van der Waals surface area contributed by atoms with Crippen molar-refractivity contribution in [1.29, 1.82) is 5.26 Å². The molecule has 3 heteroatoms. The van der Waals surface area contributed by atoms with Gasteiger partial charge in [0, 0.05) is 0 Å². The van der Waals surface area contributed by atoms with Crippen LogP contribution in [-0.2, 0) is 0 Å². The third kappa shape index (κ3) is 2.43. The second kappa shape index (κ2) is 4.92. The molecule has 0 aliphatic rings. The van der Waals surface area contributed by atoms with Crippen LogP contribution in [0.4, 0.5) is 0 Å². The first-order valence-corrected chi connectivity index (χ1v) is 5.39. The normalized spacial score (nSPS) is 12.1. The molecule has 1 atom stereocenters. The average molecular weight is 207 g/mol. The van der Waals surface area contributed by atoms with Gasteiger partial charge in [-0.1, -0.05) is 19.9 Å². The van der Waals surface area contributed by atoms with E-state index < -0.39 is 0 Å². The van der Waals surface area contributed by atoms with Gasteiger partial charge in [0.2, 0.25) is 0 Å². The fourth-order valence-corrected chi connectivity index (χ4v) is 1.67. The molecule has 0 bridgehead atoms. The Hall–Kier alpha value is -1.14. The topological polar surface area (TPSA) is 44.0 Å². The molecule has 0 spiro atoms. The molecule has 1 aromatic carbocycles. The van der Waals surface area contributed by atoms with Crippen molar-refractivity contribution >= 4 is 11.8 Å². The number of phenolic OH excluding ortho intramolecular Hbond substituents is 1. The molecule has 1 unspecified atom stereocenters. The summed E-state index contributed by atoms with van der Waals surface area (Å²) in [4.78, 5) is 0.644. The highest BCUT2D eigenvalue weighted by atomic mass is 32.2. The van der Waals surface area contributed by atoms with Gasteiger partial charge in [0.25, 0.3) is 0 Å². The molecular formula is C11H13NOS. The fraction of sp³-hybridized carbons (Fsp3) is 0.364. The minimum Gasteiger partial charge on any atom is -0.507 e. The maximum absolute atomic E-state index is 9.45. The highest BCUT2D eigenvalue weighted by Crippen LogP contribution is 2.31. The van der Waals surface area contributed by atoms with Crippen molar-refractivity contribution in [2.45, 2.75) is 31.1 Å². The van der Waals surface area contributed by atoms with Crippen LogP contribution in [0.5, 0.6) is 5.75 Å². The Labute approximate surface area is 88.6 Å². The van der Waals surface area contributed by atoms with Gasteiger partial charge >= 0.3 is 0 Å². The Morgan fingerprint density at radius 1 is 1.57 bits per heavy atom. The Bertz CT molecular complexity index is 357. The molecule has 2 nitrogen and oxygen atoms in total. The number of nitriles is 1. The zero-order chi connectivity index (χ0) is 10.6. The largest absolute Gasteiger partial charge is 0.507 e. The van der Waals surface area contributed by atoms with Crippen LogP contribution >= 0.6 is 11.8 Å². The van der Waals surface area contributed by atoms with Crippen molar-refractivity contribution in [1.82, 2.24) is 0 Å². The summed E-state index contributed by atoms with van der Waals surface area (Å²) in [6, 6.07) is 5.45. The van der Waals surface area contributed by atoms with Gasteiger partial charge in [-0.05, 0) is 41.8 Å². The van der Waals surface area contributed by atoms with Crippen molar-refractivity contribution in [3.05, 3.63) is 23.8 Å². The van der Waals surface area contributed by atoms with E-state index in [1.54, 1.807) is 6.07 Å². The summed E-state index contributed by atoms with van der Waals surface area (Å²) in [6.45, 7) is 4.25. The van der Waals surface area contributed by atoms with E-state index >= 15 is 0 Å². The van der Waals surface area contributed by atoms with Crippen LogP contribution in [0.1, 0.15) is 31.7 Å². The lowest BCUT2D eigenvalue weighted by Crippen LogP contribution is -1.90. The molecule has 1 rings (SSSR count). The molecule has 74 valence electrons. The number of phenols is 1. The van der Waals surface area contributed by atoms with E-state index in [1.165, 1.54) is 5.56 Å². The van der Waals surface area contributed by atoms with Crippen LogP contribution in [0, 0.1) is 10.7 Å². The number of hydrogen-bond donors (Lipinski definition) is 1. The summed E-state index contributed by atoms with van der Waals surface area (Å²) in [7, 11) is 0. The average Bonchev–Trinajstić information content (AvgIpc) is 2.20. The second-order valence-electron chi connectivity index (χ2n) is 3.23. The molecular weight excluding hydrogens is 194 g/mol. The Balaban J connectivity index is 3.01. The van der Waals surface area contributed by atoms with Crippen LogP contribution in [0.2, 0.25) is 0 Å². The number of nitrogens with zero attached hydrogens (tertiary/aromatic N) is 1. The quantitative estimate of drug-likeness (QED) is 0.609. The molecule has 0 aliphatic carbocycles. The Morgan fingerprint density at radius 3 is 2.86 bits per heavy atom. The van der Waals surface area contributed by atoms with Crippen LogP contribution < -0.4 is 0 Å². The minimum absolute atomic E-state index is 0.184. The van der Waals surface area contributed by atoms with Crippen molar-refractivity contribution in [3.8, 4) is 11.2 Å². The van der Waals surface area contributed by atoms with E-state index in [1.807, 2.05) is 17.5 Å². The number of hydrogen-bond acceptors (Lipinski definition) is 3. The van der Waals surface area contributed by atoms with E-state index in [2.05, 4.69) is 13.8 Å². The predicted molar refractivity (Wildman–Crippen MR) is 58.3 cm³/mol. The fourth-order valence-electron chi connectivity index (χ4n) is 1.20. The molecule has 14 heavy (non-hydrogen) atoms. The van der Waals surface area contributed by atoms with E-state index in [0.29, 0.717) is 10.8 Å². The van der Waals surface area contributed by atoms with Gasteiger partial charge < -0.3 is 5.11 Å². The lowest BCUT2D eigenvalue weighted by molar-refractivity contribution is 0.462. The van der Waals surface area contributed by atoms with Gasteiger partial charge in [0.05, 0.1) is 4.90 Å². The molecule has 0 amide bonds. The standard InChI is InChI=1S/C11H13NOS/c1-3-8(2)9-4-5-10(13)11(6-9)14-7-12/h4-6,8,13H,3H2,1-2H3. The van der Waals surface area contributed by atoms with Crippen LogP contribution in [0.15, 0.2) is 23.1 Å². The smallest absolute Gasteiger partial charge is 0.138 e. The predicted octanol–water partition coefficient (Wildman–Crippen LogP) is 3.48. The summed E-state index contributed by atoms with van der Waals surface area (Å²) >= 11 is 1.000. The van der Waals surface area contributed by atoms with E-state index in [0.717, 1.165) is 18.2 Å². The number of rotatable bonds is 3. The number of thioether (sulfide) groups is 1. The third-order valence-electron chi connectivity index (χ3n) is 2.32. The number of thiocyanates is 1. The number of aromatic hydroxyl groups is 1. The van der Waals surface area contributed by atoms with Gasteiger partial charge in [0.15, 0.2) is 0 Å². The highest BCUT2D eigenvalue weighted by Gasteiger charge is 2.07. The lowest BCUT2D eigenvalue weighted by Gasteiger charge is -2.10. The van der Waals surface area contributed by atoms with Crippen LogP contribution in [-0.4, -0.2) is 5.11 Å². The molecule has 0 saturated carbocycles. The first kappa shape index (κ1) is 10.9. The molecule has 0 aromatic heterocycles. The Kier molecular flexibility index (Phi) is 3.84. The summed E-state index contributed by atoms with van der Waals surface area (Å²) in [5, 5.41) is 19.9. The van der Waals surface area contributed by atoms with Gasteiger partial charge in [-0.2, -0.15) is 5.26 Å². The minimum atomic E-state index is 0.184. The van der Waals surface area contributed by atoms with Gasteiger partial charge in [-0.15, -0.1) is 0 Å². The van der Waals surface area contributed by atoms with Crippen molar-refractivity contribution < 1.29 is 5.11 Å². The first-order chi connectivity index (χ1) is 6.69. The van der Waals surface area contributed by atoms with Crippen molar-refractivity contribution in [2.75, 3.05) is 0 Å². The van der Waals surface area contributed by atoms with Gasteiger partial charge in [-0.25, -0.2) is 0 Å². The highest BCUT2D eigenvalue weighted by molar-refractivity contribution is 8.03. The summed E-state index contributed by atoms with van der Waals surface area (Å²) in [6.07, 6.45) is 1.06. The third-order valence-corrected chi connectivity index (χ3v) is 2.96.